The number of benzene rings is 6. The Morgan fingerprint density at radius 1 is 0.356 bits per heavy atom. The van der Waals surface area contributed by atoms with Crippen LogP contribution in [0, 0.1) is 0 Å². The third-order valence-corrected chi connectivity index (χ3v) is 12.2. The number of hydrogen-bond donors (Lipinski definition) is 0. The Balaban J connectivity index is 1.22. The SMILES string of the molecule is CC(C)(C)c1ccc2c(c1)c1cc(C(C)(C)C)ccc1n2-c1ccccc1-c1nnc(-c2ccccc2-n2c3ccc(C(C)(C)C)cc3c3cc(C(C)(C)C)ccc32)o1. The molecule has 0 saturated heterocycles. The lowest BCUT2D eigenvalue weighted by atomic mass is 9.85. The fraction of sp³-hybridized carbons (Fsp3) is 0.296. The van der Waals surface area contributed by atoms with Gasteiger partial charge in [-0.1, -0.05) is 132 Å². The zero-order valence-electron chi connectivity index (χ0n) is 36.7. The van der Waals surface area contributed by atoms with E-state index in [0.717, 1.165) is 44.6 Å². The minimum atomic E-state index is 0.0164. The summed E-state index contributed by atoms with van der Waals surface area (Å²) >= 11 is 0. The van der Waals surface area contributed by atoms with Gasteiger partial charge in [0.15, 0.2) is 0 Å². The van der Waals surface area contributed by atoms with Crippen LogP contribution in [-0.2, 0) is 21.7 Å². The van der Waals surface area contributed by atoms with E-state index in [1.165, 1.54) is 43.8 Å². The molecule has 0 atom stereocenters. The molecular weight excluding hydrogens is 721 g/mol. The van der Waals surface area contributed by atoms with Gasteiger partial charge < -0.3 is 13.6 Å². The molecular formula is C54H56N4O. The summed E-state index contributed by atoms with van der Waals surface area (Å²) in [5.74, 6) is 0.953. The fourth-order valence-electron chi connectivity index (χ4n) is 8.57. The minimum absolute atomic E-state index is 0.0164. The van der Waals surface area contributed by atoms with Crippen molar-refractivity contribution in [2.75, 3.05) is 0 Å². The highest BCUT2D eigenvalue weighted by molar-refractivity contribution is 6.11. The van der Waals surface area contributed by atoms with Crippen molar-refractivity contribution in [2.45, 2.75) is 105 Å². The van der Waals surface area contributed by atoms with E-state index < -0.39 is 0 Å². The number of para-hydroxylation sites is 2. The summed E-state index contributed by atoms with van der Waals surface area (Å²) in [6.07, 6.45) is 0. The van der Waals surface area contributed by atoms with Crippen LogP contribution in [0.4, 0.5) is 0 Å². The lowest BCUT2D eigenvalue weighted by Gasteiger charge is -2.19. The first-order valence-electron chi connectivity index (χ1n) is 21.0. The van der Waals surface area contributed by atoms with Crippen molar-refractivity contribution >= 4 is 43.6 Å². The van der Waals surface area contributed by atoms with Crippen LogP contribution in [-0.4, -0.2) is 19.3 Å². The summed E-state index contributed by atoms with van der Waals surface area (Å²) in [4.78, 5) is 0. The number of hydrogen-bond acceptors (Lipinski definition) is 3. The molecule has 0 radical (unpaired) electrons. The highest BCUT2D eigenvalue weighted by Crippen LogP contribution is 2.42. The van der Waals surface area contributed by atoms with Crippen molar-refractivity contribution in [3.8, 4) is 34.3 Å². The van der Waals surface area contributed by atoms with Crippen LogP contribution >= 0.6 is 0 Å². The summed E-state index contributed by atoms with van der Waals surface area (Å²) in [6.45, 7) is 27.4. The molecule has 298 valence electrons. The van der Waals surface area contributed by atoms with Crippen molar-refractivity contribution in [3.63, 3.8) is 0 Å². The molecule has 5 nitrogen and oxygen atoms in total. The molecule has 0 bridgehead atoms. The van der Waals surface area contributed by atoms with Crippen molar-refractivity contribution in [1.29, 1.82) is 0 Å². The van der Waals surface area contributed by atoms with Gasteiger partial charge in [-0.15, -0.1) is 10.2 Å². The maximum absolute atomic E-state index is 6.79. The van der Waals surface area contributed by atoms with E-state index in [2.05, 4.69) is 214 Å². The quantitative estimate of drug-likeness (QED) is 0.179. The Labute approximate surface area is 348 Å². The first kappa shape index (κ1) is 38.6. The summed E-state index contributed by atoms with van der Waals surface area (Å²) in [6, 6.07) is 44.5. The molecule has 0 saturated carbocycles. The molecule has 0 aliphatic heterocycles. The molecule has 0 amide bonds. The van der Waals surface area contributed by atoms with E-state index in [1.807, 2.05) is 0 Å². The second-order valence-corrected chi connectivity index (χ2v) is 20.5. The van der Waals surface area contributed by atoms with Crippen molar-refractivity contribution in [2.24, 2.45) is 0 Å². The van der Waals surface area contributed by atoms with Gasteiger partial charge in [-0.05, 0) is 117 Å². The van der Waals surface area contributed by atoms with Gasteiger partial charge in [0.1, 0.15) is 0 Å². The van der Waals surface area contributed by atoms with E-state index in [4.69, 9.17) is 14.6 Å². The molecule has 9 aromatic rings. The van der Waals surface area contributed by atoms with Crippen LogP contribution in [0.15, 0.2) is 126 Å². The zero-order chi connectivity index (χ0) is 41.8. The molecule has 59 heavy (non-hydrogen) atoms. The summed E-state index contributed by atoms with van der Waals surface area (Å²) < 4.78 is 11.5. The first-order valence-corrected chi connectivity index (χ1v) is 21.0. The fourth-order valence-corrected chi connectivity index (χ4v) is 8.57. The Morgan fingerprint density at radius 3 is 0.898 bits per heavy atom. The van der Waals surface area contributed by atoms with Crippen molar-refractivity contribution in [3.05, 3.63) is 144 Å². The van der Waals surface area contributed by atoms with Gasteiger partial charge in [-0.2, -0.15) is 0 Å². The van der Waals surface area contributed by atoms with E-state index in [1.54, 1.807) is 0 Å². The predicted octanol–water partition coefficient (Wildman–Crippen LogP) is 14.8. The average Bonchev–Trinajstić information content (AvgIpc) is 3.88. The van der Waals surface area contributed by atoms with Gasteiger partial charge in [0, 0.05) is 21.5 Å². The van der Waals surface area contributed by atoms with Gasteiger partial charge in [0.2, 0.25) is 11.8 Å². The average molecular weight is 777 g/mol. The van der Waals surface area contributed by atoms with E-state index in [0.29, 0.717) is 11.8 Å². The van der Waals surface area contributed by atoms with Crippen LogP contribution in [0.5, 0.6) is 0 Å². The highest BCUT2D eigenvalue weighted by atomic mass is 16.4. The lowest BCUT2D eigenvalue weighted by Crippen LogP contribution is -2.10. The van der Waals surface area contributed by atoms with Gasteiger partial charge >= 0.3 is 0 Å². The maximum Gasteiger partial charge on any atom is 0.250 e. The molecule has 5 heteroatoms. The summed E-state index contributed by atoms with van der Waals surface area (Å²) in [5, 5.41) is 14.5. The Kier molecular flexibility index (Phi) is 8.69. The van der Waals surface area contributed by atoms with Gasteiger partial charge in [-0.3, -0.25) is 0 Å². The normalized spacial score (nSPS) is 13.1. The van der Waals surface area contributed by atoms with Crippen molar-refractivity contribution < 1.29 is 4.42 Å². The van der Waals surface area contributed by atoms with Gasteiger partial charge in [-0.25, -0.2) is 0 Å². The van der Waals surface area contributed by atoms with Crippen molar-refractivity contribution in [1.82, 2.24) is 19.3 Å². The Bertz CT molecular complexity index is 2740. The van der Waals surface area contributed by atoms with Crippen LogP contribution in [0.3, 0.4) is 0 Å². The van der Waals surface area contributed by atoms with E-state index in [-0.39, 0.29) is 21.7 Å². The van der Waals surface area contributed by atoms with Crippen LogP contribution in [0.25, 0.3) is 77.9 Å². The van der Waals surface area contributed by atoms with Crippen LogP contribution in [0.2, 0.25) is 0 Å². The third-order valence-electron chi connectivity index (χ3n) is 12.2. The largest absolute Gasteiger partial charge is 0.416 e. The molecule has 3 heterocycles. The monoisotopic (exact) mass is 776 g/mol. The number of rotatable bonds is 4. The van der Waals surface area contributed by atoms with Crippen LogP contribution in [0.1, 0.15) is 105 Å². The molecule has 9 rings (SSSR count). The molecule has 0 fully saturated rings. The highest BCUT2D eigenvalue weighted by Gasteiger charge is 2.26. The first-order chi connectivity index (χ1) is 27.8. The standard InChI is InChI=1S/C54H56N4O/c1-51(2,3)33-21-25-45-39(29-33)40-30-34(52(4,5)6)22-26-46(40)57(45)43-19-15-13-17-37(43)49-55-56-50(59-49)38-18-14-16-20-44(38)58-47-27-23-35(53(7,8)9)31-41(47)42-32-36(54(10,11)12)24-28-48(42)58/h13-32H,1-12H3. The second-order valence-electron chi connectivity index (χ2n) is 20.5. The Hall–Kier alpha value is -5.94. The molecule has 0 unspecified atom stereocenters. The second kappa shape index (κ2) is 13.3. The molecule has 0 aliphatic rings. The third kappa shape index (κ3) is 6.56. The molecule has 3 aromatic heterocycles. The van der Waals surface area contributed by atoms with Gasteiger partial charge in [0.25, 0.3) is 0 Å². The van der Waals surface area contributed by atoms with Crippen LogP contribution < -0.4 is 0 Å². The smallest absolute Gasteiger partial charge is 0.250 e. The summed E-state index contributed by atoms with van der Waals surface area (Å²) in [5.41, 5.74) is 13.6. The zero-order valence-corrected chi connectivity index (χ0v) is 36.7. The molecule has 0 spiro atoms. The summed E-state index contributed by atoms with van der Waals surface area (Å²) in [7, 11) is 0. The van der Waals surface area contributed by atoms with E-state index in [9.17, 15) is 0 Å². The molecule has 6 aromatic carbocycles. The number of nitrogens with zero attached hydrogens (tertiary/aromatic N) is 4. The molecule has 0 aliphatic carbocycles. The predicted molar refractivity (Wildman–Crippen MR) is 249 cm³/mol. The van der Waals surface area contributed by atoms with Gasteiger partial charge in [0.05, 0.1) is 44.6 Å². The molecule has 0 N–H and O–H groups in total. The number of fused-ring (bicyclic) bond motifs is 6. The maximum atomic E-state index is 6.79. The minimum Gasteiger partial charge on any atom is -0.416 e. The van der Waals surface area contributed by atoms with E-state index >= 15 is 0 Å². The number of aromatic nitrogens is 4. The topological polar surface area (TPSA) is 48.8 Å². The Morgan fingerprint density at radius 2 is 0.627 bits per heavy atom. The lowest BCUT2D eigenvalue weighted by molar-refractivity contribution is 0.584.